The first kappa shape index (κ1) is 24.3. The summed E-state index contributed by atoms with van der Waals surface area (Å²) in [7, 11) is 0. The molecule has 0 spiro atoms. The first-order valence-electron chi connectivity index (χ1n) is 10.9. The summed E-state index contributed by atoms with van der Waals surface area (Å²) in [5.74, 6) is -1.86. The van der Waals surface area contributed by atoms with Crippen molar-refractivity contribution in [2.45, 2.75) is 68.7 Å². The molecule has 2 aromatic rings. The molecule has 2 amide bonds. The predicted molar refractivity (Wildman–Crippen MR) is 128 cm³/mol. The largest absolute Gasteiger partial charge is 0.480 e. The van der Waals surface area contributed by atoms with E-state index in [0.29, 0.717) is 24.8 Å². The number of carboxylic acid groups (broad SMARTS) is 1. The van der Waals surface area contributed by atoms with Gasteiger partial charge in [0.2, 0.25) is 11.8 Å². The molecular weight excluding hydrogens is 446 g/mol. The molecule has 1 saturated carbocycles. The Bertz CT molecular complexity index is 925. The summed E-state index contributed by atoms with van der Waals surface area (Å²) in [6.45, 7) is 1.97. The number of hydrogen-bond acceptors (Lipinski definition) is 6. The van der Waals surface area contributed by atoms with Crippen molar-refractivity contribution in [1.82, 2.24) is 15.6 Å². The number of thiophene rings is 1. The van der Waals surface area contributed by atoms with Crippen molar-refractivity contribution in [2.75, 3.05) is 0 Å². The van der Waals surface area contributed by atoms with Gasteiger partial charge in [-0.1, -0.05) is 32.3 Å². The van der Waals surface area contributed by atoms with Crippen LogP contribution in [-0.4, -0.2) is 44.7 Å². The number of carboxylic acids is 1. The first-order chi connectivity index (χ1) is 15.3. The van der Waals surface area contributed by atoms with Gasteiger partial charge in [0.05, 0.1) is 10.9 Å². The van der Waals surface area contributed by atoms with E-state index in [-0.39, 0.29) is 12.3 Å². The number of carbonyl (C=O) groups excluding carboxylic acids is 2. The van der Waals surface area contributed by atoms with Crippen LogP contribution in [0, 0.1) is 0 Å². The third kappa shape index (κ3) is 5.89. The average molecular weight is 476 g/mol. The Morgan fingerprint density at radius 3 is 2.56 bits per heavy atom. The van der Waals surface area contributed by atoms with Gasteiger partial charge in [0.15, 0.2) is 0 Å². The van der Waals surface area contributed by atoms with E-state index in [1.807, 2.05) is 35.9 Å². The number of hydrogen-bond donors (Lipinski definition) is 4. The number of aromatic nitrogens is 1. The summed E-state index contributed by atoms with van der Waals surface area (Å²) < 4.78 is 0. The van der Waals surface area contributed by atoms with Crippen LogP contribution in [0.1, 0.15) is 51.0 Å². The minimum Gasteiger partial charge on any atom is -0.480 e. The van der Waals surface area contributed by atoms with Gasteiger partial charge in [0, 0.05) is 23.6 Å². The Kier molecular flexibility index (Phi) is 8.31. The molecule has 1 fully saturated rings. The second-order valence-corrected chi connectivity index (χ2v) is 9.62. The van der Waals surface area contributed by atoms with Crippen molar-refractivity contribution < 1.29 is 19.5 Å². The van der Waals surface area contributed by atoms with Crippen LogP contribution in [-0.2, 0) is 20.8 Å². The molecule has 0 bridgehead atoms. The highest BCUT2D eigenvalue weighted by atomic mass is 32.1. The standard InChI is InChI=1S/C23H29N3O4S2/c1-2-5-19(31)20(27)26-23(9-3-4-10-23)22(30)25-18(21(28)29)12-15-6-7-17(24-13-15)16-8-11-32-14-16/h6-8,11,13-14,18-19,31H,2-5,9-10,12H2,1H3,(H,25,30)(H,26,27)(H,28,29)/t18?,19-/m0/s1. The highest BCUT2D eigenvalue weighted by Gasteiger charge is 2.44. The first-order valence-corrected chi connectivity index (χ1v) is 12.3. The monoisotopic (exact) mass is 475 g/mol. The molecule has 2 aromatic heterocycles. The van der Waals surface area contributed by atoms with Crippen molar-refractivity contribution in [2.24, 2.45) is 0 Å². The molecule has 3 N–H and O–H groups in total. The van der Waals surface area contributed by atoms with Gasteiger partial charge < -0.3 is 15.7 Å². The number of thiol groups is 1. The maximum absolute atomic E-state index is 13.2. The third-order valence-corrected chi connectivity index (χ3v) is 6.98. The van der Waals surface area contributed by atoms with Crippen molar-refractivity contribution in [3.05, 3.63) is 40.7 Å². The summed E-state index contributed by atoms with van der Waals surface area (Å²) >= 11 is 5.92. The maximum atomic E-state index is 13.2. The topological polar surface area (TPSA) is 108 Å². The lowest BCUT2D eigenvalue weighted by atomic mass is 9.94. The van der Waals surface area contributed by atoms with E-state index < -0.39 is 28.7 Å². The SMILES string of the molecule is CCC[C@H](S)C(=O)NC1(C(=O)NC(Cc2ccc(-c3ccsc3)nc2)C(=O)O)CCCC1. The molecule has 32 heavy (non-hydrogen) atoms. The summed E-state index contributed by atoms with van der Waals surface area (Å²) in [5, 5.41) is 18.7. The van der Waals surface area contributed by atoms with Crippen molar-refractivity contribution in [1.29, 1.82) is 0 Å². The fourth-order valence-electron chi connectivity index (χ4n) is 3.97. The van der Waals surface area contributed by atoms with Gasteiger partial charge in [0.1, 0.15) is 11.6 Å². The molecule has 0 aliphatic heterocycles. The van der Waals surface area contributed by atoms with Crippen LogP contribution in [0.3, 0.4) is 0 Å². The smallest absolute Gasteiger partial charge is 0.326 e. The molecule has 2 atom stereocenters. The zero-order valence-corrected chi connectivity index (χ0v) is 19.8. The van der Waals surface area contributed by atoms with Crippen molar-refractivity contribution >= 4 is 41.7 Å². The molecule has 0 radical (unpaired) electrons. The molecule has 3 rings (SSSR count). The molecule has 1 aliphatic rings. The molecule has 7 nitrogen and oxygen atoms in total. The Labute approximate surface area is 197 Å². The van der Waals surface area contributed by atoms with Gasteiger partial charge in [-0.25, -0.2) is 4.79 Å². The van der Waals surface area contributed by atoms with Crippen LogP contribution in [0.2, 0.25) is 0 Å². The molecule has 172 valence electrons. The lowest BCUT2D eigenvalue weighted by Gasteiger charge is -2.31. The Morgan fingerprint density at radius 1 is 1.25 bits per heavy atom. The van der Waals surface area contributed by atoms with Gasteiger partial charge in [-0.2, -0.15) is 24.0 Å². The zero-order valence-electron chi connectivity index (χ0n) is 18.0. The highest BCUT2D eigenvalue weighted by Crippen LogP contribution is 2.31. The summed E-state index contributed by atoms with van der Waals surface area (Å²) in [4.78, 5) is 42.0. The number of pyridine rings is 1. The van der Waals surface area contributed by atoms with E-state index in [9.17, 15) is 19.5 Å². The summed E-state index contributed by atoms with van der Waals surface area (Å²) in [6.07, 6.45) is 5.72. The molecule has 2 heterocycles. The lowest BCUT2D eigenvalue weighted by molar-refractivity contribution is -0.143. The Balaban J connectivity index is 1.69. The number of nitrogens with one attached hydrogen (secondary N) is 2. The van der Waals surface area contributed by atoms with Gasteiger partial charge in [0.25, 0.3) is 0 Å². The van der Waals surface area contributed by atoms with E-state index in [4.69, 9.17) is 0 Å². The molecule has 9 heteroatoms. The quantitative estimate of drug-likeness (QED) is 0.394. The van der Waals surface area contributed by atoms with E-state index in [1.165, 1.54) is 0 Å². The minimum absolute atomic E-state index is 0.104. The normalized spacial score (nSPS) is 16.8. The van der Waals surface area contributed by atoms with Crippen molar-refractivity contribution in [3.63, 3.8) is 0 Å². The second kappa shape index (κ2) is 11.0. The average Bonchev–Trinajstić information content (AvgIpc) is 3.47. The van der Waals surface area contributed by atoms with Gasteiger partial charge in [-0.15, -0.1) is 0 Å². The van der Waals surface area contributed by atoms with E-state index in [0.717, 1.165) is 30.5 Å². The molecular formula is C23H29N3O4S2. The Hall–Kier alpha value is -2.39. The van der Waals surface area contributed by atoms with Crippen molar-refractivity contribution in [3.8, 4) is 11.3 Å². The van der Waals surface area contributed by atoms with Crippen LogP contribution >= 0.6 is 24.0 Å². The van der Waals surface area contributed by atoms with E-state index in [1.54, 1.807) is 17.5 Å². The number of amides is 2. The predicted octanol–water partition coefficient (Wildman–Crippen LogP) is 3.45. The van der Waals surface area contributed by atoms with E-state index in [2.05, 4.69) is 28.2 Å². The molecule has 0 aromatic carbocycles. The van der Waals surface area contributed by atoms with Crippen LogP contribution < -0.4 is 10.6 Å². The second-order valence-electron chi connectivity index (χ2n) is 8.22. The number of nitrogens with zero attached hydrogens (tertiary/aromatic N) is 1. The number of aliphatic carboxylic acids is 1. The summed E-state index contributed by atoms with van der Waals surface area (Å²) in [5.41, 5.74) is 1.45. The summed E-state index contributed by atoms with van der Waals surface area (Å²) in [6, 6.07) is 4.52. The van der Waals surface area contributed by atoms with Crippen LogP contribution in [0.15, 0.2) is 35.2 Å². The van der Waals surface area contributed by atoms with E-state index >= 15 is 0 Å². The Morgan fingerprint density at radius 2 is 2.00 bits per heavy atom. The van der Waals surface area contributed by atoms with Gasteiger partial charge in [-0.05, 0) is 42.3 Å². The van der Waals surface area contributed by atoms with Gasteiger partial charge >= 0.3 is 5.97 Å². The lowest BCUT2D eigenvalue weighted by Crippen LogP contribution is -2.61. The van der Waals surface area contributed by atoms with Crippen LogP contribution in [0.5, 0.6) is 0 Å². The fraction of sp³-hybridized carbons (Fsp3) is 0.478. The molecule has 0 saturated heterocycles. The molecule has 1 aliphatic carbocycles. The number of carbonyl (C=O) groups is 3. The molecule has 1 unspecified atom stereocenters. The van der Waals surface area contributed by atoms with Gasteiger partial charge in [-0.3, -0.25) is 14.6 Å². The fourth-order valence-corrected chi connectivity index (χ4v) is 4.94. The number of rotatable bonds is 10. The minimum atomic E-state index is -1.13. The zero-order chi connectivity index (χ0) is 23.1. The highest BCUT2D eigenvalue weighted by molar-refractivity contribution is 7.81. The van der Waals surface area contributed by atoms with Crippen LogP contribution in [0.25, 0.3) is 11.3 Å². The van der Waals surface area contributed by atoms with Crippen LogP contribution in [0.4, 0.5) is 0 Å². The third-order valence-electron chi connectivity index (χ3n) is 5.80. The maximum Gasteiger partial charge on any atom is 0.326 e.